The number of rotatable bonds is 8. The van der Waals surface area contributed by atoms with Gasteiger partial charge in [0.15, 0.2) is 0 Å². The number of thiophene rings is 1. The number of benzene rings is 1. The Morgan fingerprint density at radius 2 is 2.14 bits per heavy atom. The highest BCUT2D eigenvalue weighted by molar-refractivity contribution is 7.16. The van der Waals surface area contributed by atoms with Crippen molar-refractivity contribution in [2.75, 3.05) is 19.0 Å². The van der Waals surface area contributed by atoms with Gasteiger partial charge in [0.1, 0.15) is 16.8 Å². The Morgan fingerprint density at radius 3 is 2.86 bits per heavy atom. The largest absolute Gasteiger partial charge is 0.496 e. The summed E-state index contributed by atoms with van der Waals surface area (Å²) >= 11 is 1.40. The molecule has 3 heterocycles. The molecule has 35 heavy (non-hydrogen) atoms. The van der Waals surface area contributed by atoms with Gasteiger partial charge in [-0.25, -0.2) is 4.98 Å². The first-order valence-electron chi connectivity index (χ1n) is 11.6. The zero-order chi connectivity index (χ0) is 24.9. The first-order chi connectivity index (χ1) is 16.9. The highest BCUT2D eigenvalue weighted by Gasteiger charge is 2.27. The molecule has 1 atom stereocenters. The number of anilines is 1. The molecule has 0 fully saturated rings. The van der Waals surface area contributed by atoms with E-state index in [1.54, 1.807) is 13.4 Å². The van der Waals surface area contributed by atoms with Crippen LogP contribution in [0.5, 0.6) is 5.75 Å². The first-order valence-corrected chi connectivity index (χ1v) is 12.4. The van der Waals surface area contributed by atoms with Gasteiger partial charge in [0.25, 0.3) is 0 Å². The average Bonchev–Trinajstić information content (AvgIpc) is 3.43. The van der Waals surface area contributed by atoms with Crippen LogP contribution in [0.15, 0.2) is 36.8 Å². The van der Waals surface area contributed by atoms with Crippen LogP contribution >= 0.6 is 11.3 Å². The molecule has 0 spiro atoms. The van der Waals surface area contributed by atoms with Gasteiger partial charge < -0.3 is 19.5 Å². The van der Waals surface area contributed by atoms with E-state index in [0.717, 1.165) is 27.4 Å². The number of imidazole rings is 1. The van der Waals surface area contributed by atoms with Crippen LogP contribution in [0.2, 0.25) is 0 Å². The predicted octanol–water partition coefficient (Wildman–Crippen LogP) is 4.24. The van der Waals surface area contributed by atoms with Crippen LogP contribution in [0.4, 0.5) is 5.00 Å². The zero-order valence-electron chi connectivity index (χ0n) is 20.2. The molecule has 2 amide bonds. The molecule has 3 aromatic rings. The van der Waals surface area contributed by atoms with Crippen LogP contribution in [-0.2, 0) is 29.1 Å². The van der Waals surface area contributed by atoms with Gasteiger partial charge in [0, 0.05) is 37.0 Å². The second kappa shape index (κ2) is 10.7. The van der Waals surface area contributed by atoms with Gasteiger partial charge >= 0.3 is 0 Å². The van der Waals surface area contributed by atoms with E-state index in [9.17, 15) is 14.9 Å². The summed E-state index contributed by atoms with van der Waals surface area (Å²) in [5.74, 6) is 0.635. The van der Waals surface area contributed by atoms with Crippen molar-refractivity contribution >= 4 is 28.2 Å². The molecule has 0 aliphatic carbocycles. The molecule has 0 radical (unpaired) electrons. The number of carbonyl (C=O) groups excluding carboxylic acids is 2. The maximum atomic E-state index is 12.8. The summed E-state index contributed by atoms with van der Waals surface area (Å²) in [6.45, 7) is 5.52. The minimum atomic E-state index is -0.151. The number of ether oxygens (including phenoxy) is 1. The summed E-state index contributed by atoms with van der Waals surface area (Å²) in [4.78, 5) is 32.6. The maximum Gasteiger partial charge on any atom is 0.225 e. The highest BCUT2D eigenvalue weighted by atomic mass is 32.1. The van der Waals surface area contributed by atoms with E-state index in [4.69, 9.17) is 4.74 Å². The van der Waals surface area contributed by atoms with Crippen molar-refractivity contribution in [3.05, 3.63) is 64.1 Å². The van der Waals surface area contributed by atoms with Crippen LogP contribution in [0, 0.1) is 18.3 Å². The summed E-state index contributed by atoms with van der Waals surface area (Å²) in [5.41, 5.74) is 3.36. The number of aryl methyl sites for hydroxylation is 2. The summed E-state index contributed by atoms with van der Waals surface area (Å²) in [5, 5.41) is 13.3. The molecule has 0 saturated heterocycles. The summed E-state index contributed by atoms with van der Waals surface area (Å²) < 4.78 is 7.34. The third kappa shape index (κ3) is 5.54. The van der Waals surface area contributed by atoms with Gasteiger partial charge in [-0.3, -0.25) is 9.59 Å². The van der Waals surface area contributed by atoms with E-state index >= 15 is 0 Å². The van der Waals surface area contributed by atoms with Gasteiger partial charge in [-0.05, 0) is 36.5 Å². The number of aromatic nitrogens is 2. The third-order valence-electron chi connectivity index (χ3n) is 6.28. The number of nitriles is 1. The number of fused-ring (bicyclic) bond motifs is 1. The van der Waals surface area contributed by atoms with Gasteiger partial charge in [-0.2, -0.15) is 5.26 Å². The van der Waals surface area contributed by atoms with Crippen molar-refractivity contribution in [1.82, 2.24) is 14.5 Å². The minimum Gasteiger partial charge on any atom is -0.496 e. The van der Waals surface area contributed by atoms with Crippen LogP contribution in [-0.4, -0.2) is 39.9 Å². The van der Waals surface area contributed by atoms with Crippen LogP contribution in [0.25, 0.3) is 0 Å². The molecule has 0 unspecified atom stereocenters. The molecule has 2 aromatic heterocycles. The van der Waals surface area contributed by atoms with Crippen molar-refractivity contribution in [2.45, 2.75) is 52.1 Å². The average molecular weight is 492 g/mol. The van der Waals surface area contributed by atoms with Crippen LogP contribution in [0.1, 0.15) is 52.9 Å². The van der Waals surface area contributed by atoms with Crippen molar-refractivity contribution in [3.63, 3.8) is 0 Å². The number of nitrogens with one attached hydrogen (secondary N) is 1. The van der Waals surface area contributed by atoms with E-state index in [-0.39, 0.29) is 24.2 Å². The summed E-state index contributed by atoms with van der Waals surface area (Å²) in [6.07, 6.45) is 4.93. The Morgan fingerprint density at radius 1 is 1.34 bits per heavy atom. The Balaban J connectivity index is 1.40. The van der Waals surface area contributed by atoms with Crippen LogP contribution in [0.3, 0.4) is 0 Å². The van der Waals surface area contributed by atoms with E-state index in [2.05, 4.69) is 16.4 Å². The Labute approximate surface area is 209 Å². The van der Waals surface area contributed by atoms with Gasteiger partial charge in [0.2, 0.25) is 11.8 Å². The first kappa shape index (κ1) is 24.5. The lowest BCUT2D eigenvalue weighted by atomic mass is 9.96. The normalized spacial score (nSPS) is 13.6. The molecule has 9 heteroatoms. The topological polar surface area (TPSA) is 100 Å². The molecule has 182 valence electrons. The van der Waals surface area contributed by atoms with E-state index in [0.29, 0.717) is 43.0 Å². The zero-order valence-corrected chi connectivity index (χ0v) is 21.0. The summed E-state index contributed by atoms with van der Waals surface area (Å²) in [6, 6.07) is 9.94. The standard InChI is InChI=1S/C26H29N5O3S/c1-17(19-6-4-5-7-22(19)34-3)12-24(32)29-26-21(13-27)20-8-11-31(15-23(20)35-26)25(33)9-10-30-14-18(2)28-16-30/h4-7,14,16-17H,8-12,15H2,1-3H3,(H,29,32)/t17-/m0/s1. The van der Waals surface area contributed by atoms with Crippen molar-refractivity contribution in [1.29, 1.82) is 5.26 Å². The Kier molecular flexibility index (Phi) is 7.51. The van der Waals surface area contributed by atoms with Crippen molar-refractivity contribution in [3.8, 4) is 11.8 Å². The van der Waals surface area contributed by atoms with Gasteiger partial charge in [-0.15, -0.1) is 11.3 Å². The number of carbonyl (C=O) groups is 2. The fourth-order valence-electron chi connectivity index (χ4n) is 4.44. The van der Waals surface area contributed by atoms with Gasteiger partial charge in [0.05, 0.1) is 31.2 Å². The highest BCUT2D eigenvalue weighted by Crippen LogP contribution is 2.37. The lowest BCUT2D eigenvalue weighted by Crippen LogP contribution is -2.35. The van der Waals surface area contributed by atoms with E-state index in [1.807, 2.05) is 53.8 Å². The molecule has 1 N–H and O–H groups in total. The number of hydrogen-bond acceptors (Lipinski definition) is 6. The Hall–Kier alpha value is -3.64. The molecule has 0 saturated carbocycles. The number of methoxy groups -OCH3 is 1. The molecular formula is C26H29N5O3S. The lowest BCUT2D eigenvalue weighted by Gasteiger charge is -2.27. The lowest BCUT2D eigenvalue weighted by molar-refractivity contribution is -0.132. The molecule has 1 aromatic carbocycles. The number of amides is 2. The molecule has 0 bridgehead atoms. The minimum absolute atomic E-state index is 0.0429. The second-order valence-corrected chi connectivity index (χ2v) is 9.89. The SMILES string of the molecule is COc1ccccc1[C@@H](C)CC(=O)Nc1sc2c(c1C#N)CCN(C(=O)CCn1cnc(C)c1)C2. The molecule has 1 aliphatic heterocycles. The molecule has 4 rings (SSSR count). The fourth-order valence-corrected chi connectivity index (χ4v) is 5.67. The number of hydrogen-bond donors (Lipinski definition) is 1. The second-order valence-electron chi connectivity index (χ2n) is 8.78. The van der Waals surface area contributed by atoms with Crippen molar-refractivity contribution in [2.24, 2.45) is 0 Å². The quantitative estimate of drug-likeness (QED) is 0.508. The van der Waals surface area contributed by atoms with E-state index in [1.165, 1.54) is 11.3 Å². The van der Waals surface area contributed by atoms with Crippen LogP contribution < -0.4 is 10.1 Å². The van der Waals surface area contributed by atoms with E-state index < -0.39 is 0 Å². The van der Waals surface area contributed by atoms with Crippen molar-refractivity contribution < 1.29 is 14.3 Å². The molecule has 8 nitrogen and oxygen atoms in total. The van der Waals surface area contributed by atoms with Gasteiger partial charge in [-0.1, -0.05) is 25.1 Å². The summed E-state index contributed by atoms with van der Waals surface area (Å²) in [7, 11) is 1.62. The Bertz CT molecular complexity index is 1270. The smallest absolute Gasteiger partial charge is 0.225 e. The monoisotopic (exact) mass is 491 g/mol. The molecule has 1 aliphatic rings. The molecular weight excluding hydrogens is 462 g/mol. The maximum absolute atomic E-state index is 12.8. The number of nitrogens with zero attached hydrogens (tertiary/aromatic N) is 4. The predicted molar refractivity (Wildman–Crippen MR) is 134 cm³/mol. The fraction of sp³-hybridized carbons (Fsp3) is 0.385. The third-order valence-corrected chi connectivity index (χ3v) is 7.41. The number of para-hydroxylation sites is 1.